The number of carboxylic acid groups (broad SMARTS) is 1. The molecule has 0 aliphatic carbocycles. The average molecular weight is 447 g/mol. The Kier molecular flexibility index (Phi) is 6.21. The van der Waals surface area contributed by atoms with E-state index in [9.17, 15) is 24.3 Å². The van der Waals surface area contributed by atoms with Gasteiger partial charge in [0.05, 0.1) is 23.9 Å². The summed E-state index contributed by atoms with van der Waals surface area (Å²) in [6, 6.07) is 15.5. The molecule has 1 aliphatic heterocycles. The zero-order valence-electron chi connectivity index (χ0n) is 17.5. The van der Waals surface area contributed by atoms with Gasteiger partial charge in [-0.1, -0.05) is 24.3 Å². The van der Waals surface area contributed by atoms with Crippen LogP contribution in [0.4, 0.5) is 11.4 Å². The number of amides is 3. The third-order valence-corrected chi connectivity index (χ3v) is 5.28. The van der Waals surface area contributed by atoms with Gasteiger partial charge in [-0.2, -0.15) is 0 Å². The zero-order valence-corrected chi connectivity index (χ0v) is 17.5. The Balaban J connectivity index is 1.49. The maximum atomic E-state index is 13.1. The highest BCUT2D eigenvalue weighted by molar-refractivity contribution is 6.25. The minimum Gasteiger partial charge on any atom is -0.480 e. The van der Waals surface area contributed by atoms with Crippen LogP contribution in [-0.4, -0.2) is 39.7 Å². The second-order valence-electron chi connectivity index (χ2n) is 7.45. The van der Waals surface area contributed by atoms with E-state index in [-0.39, 0.29) is 30.5 Å². The number of rotatable bonds is 9. The predicted octanol–water partition coefficient (Wildman–Crippen LogP) is 3.36. The highest BCUT2D eigenvalue weighted by Crippen LogP contribution is 2.32. The summed E-state index contributed by atoms with van der Waals surface area (Å²) < 4.78 is 5.27. The zero-order chi connectivity index (χ0) is 23.4. The lowest BCUT2D eigenvalue weighted by Gasteiger charge is -2.22. The van der Waals surface area contributed by atoms with Crippen LogP contribution in [0.3, 0.4) is 0 Å². The number of anilines is 2. The molecule has 0 spiro atoms. The summed E-state index contributed by atoms with van der Waals surface area (Å²) in [5.74, 6) is -2.55. The molecule has 3 N–H and O–H groups in total. The third-order valence-electron chi connectivity index (χ3n) is 5.28. The van der Waals surface area contributed by atoms with E-state index in [4.69, 9.17) is 4.42 Å². The van der Waals surface area contributed by atoms with Gasteiger partial charge in [0.2, 0.25) is 5.91 Å². The number of hydrogen-bond acceptors (Lipinski definition) is 6. The number of hydrogen-bond donors (Lipinski definition) is 3. The fourth-order valence-corrected chi connectivity index (χ4v) is 3.71. The molecule has 3 aromatic rings. The first-order valence-corrected chi connectivity index (χ1v) is 10.3. The molecule has 9 nitrogen and oxygen atoms in total. The topological polar surface area (TPSA) is 129 Å². The highest BCUT2D eigenvalue weighted by atomic mass is 16.4. The van der Waals surface area contributed by atoms with Crippen molar-refractivity contribution in [2.45, 2.75) is 25.4 Å². The molecule has 0 fully saturated rings. The van der Waals surface area contributed by atoms with Gasteiger partial charge in [0.25, 0.3) is 11.8 Å². The maximum Gasteiger partial charge on any atom is 0.326 e. The minimum absolute atomic E-state index is 0.106. The molecule has 0 saturated heterocycles. The molecule has 0 bridgehead atoms. The van der Waals surface area contributed by atoms with Gasteiger partial charge >= 0.3 is 5.97 Å². The van der Waals surface area contributed by atoms with Crippen LogP contribution in [0.2, 0.25) is 0 Å². The van der Waals surface area contributed by atoms with Crippen molar-refractivity contribution in [2.24, 2.45) is 0 Å². The molecule has 1 unspecified atom stereocenters. The van der Waals surface area contributed by atoms with Crippen LogP contribution < -0.4 is 10.6 Å². The van der Waals surface area contributed by atoms with Crippen LogP contribution in [0, 0.1) is 0 Å². The summed E-state index contributed by atoms with van der Waals surface area (Å²) in [6.45, 7) is 0.285. The quantitative estimate of drug-likeness (QED) is 0.429. The van der Waals surface area contributed by atoms with Gasteiger partial charge in [0, 0.05) is 17.8 Å². The molecule has 9 heteroatoms. The monoisotopic (exact) mass is 447 g/mol. The van der Waals surface area contributed by atoms with Crippen LogP contribution in [0.15, 0.2) is 71.3 Å². The Morgan fingerprint density at radius 2 is 1.76 bits per heavy atom. The molecule has 2 heterocycles. The van der Waals surface area contributed by atoms with E-state index in [1.54, 1.807) is 54.6 Å². The van der Waals surface area contributed by atoms with Crippen LogP contribution in [0.1, 0.15) is 39.3 Å². The number of aliphatic carboxylic acids is 1. The average Bonchev–Trinajstić information content (AvgIpc) is 3.41. The first-order chi connectivity index (χ1) is 16.0. The highest BCUT2D eigenvalue weighted by Gasteiger charge is 2.44. The van der Waals surface area contributed by atoms with Gasteiger partial charge in [-0.15, -0.1) is 0 Å². The van der Waals surface area contributed by atoms with Crippen molar-refractivity contribution in [3.63, 3.8) is 0 Å². The number of nitrogens with zero attached hydrogens (tertiary/aromatic N) is 1. The summed E-state index contributed by atoms with van der Waals surface area (Å²) >= 11 is 0. The van der Waals surface area contributed by atoms with E-state index >= 15 is 0 Å². The first-order valence-electron chi connectivity index (χ1n) is 10.3. The molecule has 0 saturated carbocycles. The standard InChI is InChI=1S/C24H21N3O6/c28-20(26-15-6-2-1-3-7-15)12-11-19(24(31)32)27-22(29)17-9-4-10-18(21(17)23(27)30)25-14-16-8-5-13-33-16/h1-10,13,19,25H,11-12,14H2,(H,26,28)(H,31,32). The summed E-state index contributed by atoms with van der Waals surface area (Å²) in [5.41, 5.74) is 1.19. The van der Waals surface area contributed by atoms with E-state index in [2.05, 4.69) is 10.6 Å². The molecule has 168 valence electrons. The van der Waals surface area contributed by atoms with Gasteiger partial charge in [0.1, 0.15) is 11.8 Å². The SMILES string of the molecule is O=C(CCC(C(=O)O)N1C(=O)c2cccc(NCc3ccco3)c2C1=O)Nc1ccccc1. The van der Waals surface area contributed by atoms with Crippen LogP contribution >= 0.6 is 0 Å². The molecular weight excluding hydrogens is 426 g/mol. The largest absolute Gasteiger partial charge is 0.480 e. The second-order valence-corrected chi connectivity index (χ2v) is 7.45. The smallest absolute Gasteiger partial charge is 0.326 e. The first kappa shape index (κ1) is 21.8. The predicted molar refractivity (Wildman–Crippen MR) is 119 cm³/mol. The molecule has 4 rings (SSSR count). The van der Waals surface area contributed by atoms with E-state index < -0.39 is 29.7 Å². The summed E-state index contributed by atoms with van der Waals surface area (Å²) in [5, 5.41) is 15.5. The van der Waals surface area contributed by atoms with Crippen molar-refractivity contribution < 1.29 is 28.7 Å². The van der Waals surface area contributed by atoms with Crippen LogP contribution in [-0.2, 0) is 16.1 Å². The fourth-order valence-electron chi connectivity index (χ4n) is 3.71. The summed E-state index contributed by atoms with van der Waals surface area (Å²) in [6.07, 6.45) is 1.13. The van der Waals surface area contributed by atoms with Crippen molar-refractivity contribution in [3.8, 4) is 0 Å². The normalized spacial score (nSPS) is 13.5. The van der Waals surface area contributed by atoms with E-state index in [0.717, 1.165) is 4.90 Å². The molecule has 2 aromatic carbocycles. The Morgan fingerprint density at radius 3 is 2.45 bits per heavy atom. The van der Waals surface area contributed by atoms with Gasteiger partial charge in [0.15, 0.2) is 0 Å². The van der Waals surface area contributed by atoms with E-state index in [1.807, 2.05) is 0 Å². The molecule has 1 aromatic heterocycles. The summed E-state index contributed by atoms with van der Waals surface area (Å²) in [4.78, 5) is 51.1. The van der Waals surface area contributed by atoms with Gasteiger partial charge in [-0.25, -0.2) is 4.79 Å². The van der Waals surface area contributed by atoms with Gasteiger partial charge < -0.3 is 20.2 Å². The van der Waals surface area contributed by atoms with Crippen molar-refractivity contribution in [2.75, 3.05) is 10.6 Å². The lowest BCUT2D eigenvalue weighted by Crippen LogP contribution is -2.45. The lowest BCUT2D eigenvalue weighted by molar-refractivity contribution is -0.141. The molecule has 0 radical (unpaired) electrons. The number of imide groups is 1. The minimum atomic E-state index is -1.48. The van der Waals surface area contributed by atoms with Crippen LogP contribution in [0.5, 0.6) is 0 Å². The number of carboxylic acids is 1. The number of carbonyl (C=O) groups is 4. The molecule has 33 heavy (non-hydrogen) atoms. The third kappa shape index (κ3) is 4.62. The van der Waals surface area contributed by atoms with E-state index in [1.165, 1.54) is 12.3 Å². The number of carbonyl (C=O) groups excluding carboxylic acids is 3. The maximum absolute atomic E-state index is 13.1. The number of benzene rings is 2. The molecule has 3 amide bonds. The Morgan fingerprint density at radius 1 is 0.970 bits per heavy atom. The fraction of sp³-hybridized carbons (Fsp3) is 0.167. The second kappa shape index (κ2) is 9.39. The van der Waals surface area contributed by atoms with Crippen molar-refractivity contribution in [3.05, 3.63) is 83.8 Å². The number of para-hydroxylation sites is 1. The van der Waals surface area contributed by atoms with E-state index in [0.29, 0.717) is 17.1 Å². The molecule has 1 atom stereocenters. The Bertz CT molecular complexity index is 1190. The van der Waals surface area contributed by atoms with Gasteiger partial charge in [-0.05, 0) is 42.8 Å². The van der Waals surface area contributed by atoms with Crippen LogP contribution in [0.25, 0.3) is 0 Å². The number of nitrogens with one attached hydrogen (secondary N) is 2. The van der Waals surface area contributed by atoms with Crippen molar-refractivity contribution in [1.29, 1.82) is 0 Å². The van der Waals surface area contributed by atoms with Crippen molar-refractivity contribution >= 4 is 35.1 Å². The Labute approximate surface area is 189 Å². The lowest BCUT2D eigenvalue weighted by atomic mass is 10.1. The number of furan rings is 1. The van der Waals surface area contributed by atoms with Gasteiger partial charge in [-0.3, -0.25) is 19.3 Å². The number of fused-ring (bicyclic) bond motifs is 1. The summed E-state index contributed by atoms with van der Waals surface area (Å²) in [7, 11) is 0. The molecule has 1 aliphatic rings. The Hall–Kier alpha value is -4.40. The van der Waals surface area contributed by atoms with Crippen molar-refractivity contribution in [1.82, 2.24) is 4.90 Å². The molecular formula is C24H21N3O6.